The maximum atomic E-state index is 4.12. The average molecular weight is 249 g/mol. The number of hydrogen-bond acceptors (Lipinski definition) is 0. The van der Waals surface area contributed by atoms with E-state index in [0.717, 1.165) is 21.8 Å². The highest BCUT2D eigenvalue weighted by Crippen LogP contribution is 2.14. The third kappa shape index (κ3) is 3.14. The van der Waals surface area contributed by atoms with Crippen LogP contribution in [0.15, 0.2) is 54.6 Å². The van der Waals surface area contributed by atoms with Crippen LogP contribution in [0.1, 0.15) is 5.56 Å². The topological polar surface area (TPSA) is 4.93 Å². The molecule has 0 spiro atoms. The van der Waals surface area contributed by atoms with Crippen molar-refractivity contribution in [2.24, 2.45) is 7.05 Å². The molecule has 1 heteroatoms. The molecule has 0 atom stereocenters. The third-order valence-electron chi connectivity index (χ3n) is 3.14. The zero-order valence-corrected chi connectivity index (χ0v) is 11.6. The van der Waals surface area contributed by atoms with Crippen LogP contribution in [0.25, 0.3) is 24.4 Å². The molecule has 1 nitrogen and oxygen atoms in total. The molecular weight excluding hydrogens is 230 g/mol. The fourth-order valence-electron chi connectivity index (χ4n) is 2.03. The van der Waals surface area contributed by atoms with Gasteiger partial charge in [-0.25, -0.2) is 0 Å². The first-order valence-electron chi connectivity index (χ1n) is 6.33. The lowest BCUT2D eigenvalue weighted by Gasteiger charge is -2.07. The van der Waals surface area contributed by atoms with E-state index in [1.807, 2.05) is 31.3 Å². The van der Waals surface area contributed by atoms with Crippen LogP contribution in [-0.2, 0) is 7.05 Å². The summed E-state index contributed by atoms with van der Waals surface area (Å²) in [4.78, 5) is 0. The summed E-state index contributed by atoms with van der Waals surface area (Å²) in [6.07, 6.45) is 0. The van der Waals surface area contributed by atoms with Gasteiger partial charge in [0.1, 0.15) is 0 Å². The van der Waals surface area contributed by atoms with Crippen LogP contribution in [0.4, 0.5) is 0 Å². The monoisotopic (exact) mass is 249 g/mol. The van der Waals surface area contributed by atoms with Gasteiger partial charge in [-0.05, 0) is 29.8 Å². The molecule has 2 rings (SSSR count). The van der Waals surface area contributed by atoms with Gasteiger partial charge in [-0.3, -0.25) is 0 Å². The molecule has 0 saturated carbocycles. The second kappa shape index (κ2) is 5.57. The number of benzene rings is 1. The Morgan fingerprint density at radius 2 is 1.58 bits per heavy atom. The number of aryl methyl sites for hydroxylation is 1. The molecule has 0 radical (unpaired) electrons. The summed E-state index contributed by atoms with van der Waals surface area (Å²) in [5.41, 5.74) is 3.44. The quantitative estimate of drug-likeness (QED) is 0.732. The summed E-state index contributed by atoms with van der Waals surface area (Å²) < 4.78 is 2.09. The first-order valence-corrected chi connectivity index (χ1v) is 6.33. The first kappa shape index (κ1) is 13.2. The Labute approximate surface area is 114 Å². The van der Waals surface area contributed by atoms with Crippen LogP contribution in [0.3, 0.4) is 0 Å². The molecule has 1 aromatic carbocycles. The Bertz CT molecular complexity index is 722. The summed E-state index contributed by atoms with van der Waals surface area (Å²) in [7, 11) is 2.03. The predicted octanol–water partition coefficient (Wildman–Crippen LogP) is 2.95. The molecule has 0 bridgehead atoms. The first-order chi connectivity index (χ1) is 9.08. The van der Waals surface area contributed by atoms with Crippen LogP contribution < -0.4 is 10.6 Å². The van der Waals surface area contributed by atoms with E-state index in [-0.39, 0.29) is 0 Å². The molecule has 0 saturated heterocycles. The van der Waals surface area contributed by atoms with Gasteiger partial charge in [-0.2, -0.15) is 0 Å². The van der Waals surface area contributed by atoms with Crippen LogP contribution in [0.5, 0.6) is 0 Å². The molecule has 19 heavy (non-hydrogen) atoms. The summed E-state index contributed by atoms with van der Waals surface area (Å²) in [6, 6.07) is 18.6. The molecule has 0 aliphatic carbocycles. The van der Waals surface area contributed by atoms with E-state index in [0.29, 0.717) is 0 Å². The van der Waals surface area contributed by atoms with Gasteiger partial charge in [-0.15, -0.1) is 0 Å². The van der Waals surface area contributed by atoms with Crippen molar-refractivity contribution in [1.82, 2.24) is 4.57 Å². The predicted molar refractivity (Wildman–Crippen MR) is 83.5 cm³/mol. The zero-order chi connectivity index (χ0) is 13.8. The average Bonchev–Trinajstić information content (AvgIpc) is 2.45. The molecule has 2 aromatic rings. The van der Waals surface area contributed by atoms with E-state index in [2.05, 4.69) is 55.0 Å². The number of aromatic nitrogens is 1. The highest BCUT2D eigenvalue weighted by molar-refractivity contribution is 5.59. The van der Waals surface area contributed by atoms with Gasteiger partial charge in [0.2, 0.25) is 0 Å². The SMILES string of the molecule is C=c1cc(C)ccc(=C)n(C)c(-c2ccccc2)c1. The van der Waals surface area contributed by atoms with Crippen molar-refractivity contribution in [2.75, 3.05) is 0 Å². The minimum atomic E-state index is 0.956. The molecule has 0 N–H and O–H groups in total. The van der Waals surface area contributed by atoms with Crippen molar-refractivity contribution in [3.8, 4) is 11.3 Å². The minimum Gasteiger partial charge on any atom is -0.345 e. The second-order valence-corrected chi connectivity index (χ2v) is 4.74. The lowest BCUT2D eigenvalue weighted by Crippen LogP contribution is -2.15. The van der Waals surface area contributed by atoms with Gasteiger partial charge in [0.05, 0.1) is 0 Å². The van der Waals surface area contributed by atoms with Crippen molar-refractivity contribution >= 4 is 13.2 Å². The molecule has 0 fully saturated rings. The van der Waals surface area contributed by atoms with Crippen molar-refractivity contribution in [1.29, 1.82) is 0 Å². The molecule has 0 aliphatic heterocycles. The third-order valence-corrected chi connectivity index (χ3v) is 3.14. The van der Waals surface area contributed by atoms with Crippen LogP contribution in [0, 0.1) is 6.92 Å². The zero-order valence-electron chi connectivity index (χ0n) is 11.6. The normalized spacial score (nSPS) is 10.0. The largest absolute Gasteiger partial charge is 0.345 e. The van der Waals surface area contributed by atoms with Crippen molar-refractivity contribution in [3.63, 3.8) is 0 Å². The highest BCUT2D eigenvalue weighted by Gasteiger charge is 1.97. The summed E-state index contributed by atoms with van der Waals surface area (Å²) >= 11 is 0. The fourth-order valence-corrected chi connectivity index (χ4v) is 2.03. The van der Waals surface area contributed by atoms with Crippen LogP contribution >= 0.6 is 0 Å². The van der Waals surface area contributed by atoms with Crippen molar-refractivity contribution in [2.45, 2.75) is 6.92 Å². The Hall–Kier alpha value is -2.28. The van der Waals surface area contributed by atoms with E-state index in [4.69, 9.17) is 0 Å². The van der Waals surface area contributed by atoms with Crippen molar-refractivity contribution < 1.29 is 0 Å². The van der Waals surface area contributed by atoms with Crippen LogP contribution in [0.2, 0.25) is 0 Å². The van der Waals surface area contributed by atoms with Crippen LogP contribution in [-0.4, -0.2) is 4.57 Å². The molecule has 0 aliphatic rings. The standard InChI is InChI=1S/C18H19N/c1-14-10-11-16(3)19(4)18(13-15(2)12-14)17-8-6-5-7-9-17/h5-13H,2-3H2,1,4H3. The van der Waals surface area contributed by atoms with Gasteiger partial charge >= 0.3 is 0 Å². The Morgan fingerprint density at radius 1 is 0.895 bits per heavy atom. The number of nitrogens with zero attached hydrogens (tertiary/aromatic N) is 1. The summed E-state index contributed by atoms with van der Waals surface area (Å²) in [6.45, 7) is 10.3. The molecule has 1 aromatic heterocycles. The van der Waals surface area contributed by atoms with Crippen molar-refractivity contribution in [3.05, 3.63) is 70.7 Å². The molecule has 1 heterocycles. The van der Waals surface area contributed by atoms with E-state index in [9.17, 15) is 0 Å². The lowest BCUT2D eigenvalue weighted by atomic mass is 10.1. The van der Waals surface area contributed by atoms with E-state index >= 15 is 0 Å². The van der Waals surface area contributed by atoms with E-state index in [1.165, 1.54) is 5.56 Å². The fraction of sp³-hybridized carbons (Fsp3) is 0.111. The maximum Gasteiger partial charge on any atom is 0.0487 e. The number of hydrogen-bond donors (Lipinski definition) is 0. The maximum absolute atomic E-state index is 4.12. The molecular formula is C18H19N. The lowest BCUT2D eigenvalue weighted by molar-refractivity contribution is 0.885. The highest BCUT2D eigenvalue weighted by atomic mass is 14.9. The van der Waals surface area contributed by atoms with E-state index in [1.54, 1.807) is 0 Å². The Morgan fingerprint density at radius 3 is 2.26 bits per heavy atom. The Kier molecular flexibility index (Phi) is 3.86. The van der Waals surface area contributed by atoms with Gasteiger partial charge in [0, 0.05) is 18.1 Å². The van der Waals surface area contributed by atoms with Gasteiger partial charge in [0.15, 0.2) is 0 Å². The second-order valence-electron chi connectivity index (χ2n) is 4.74. The van der Waals surface area contributed by atoms with Gasteiger partial charge in [0.25, 0.3) is 0 Å². The number of rotatable bonds is 1. The molecule has 0 amide bonds. The summed E-state index contributed by atoms with van der Waals surface area (Å²) in [5, 5.41) is 1.94. The van der Waals surface area contributed by atoms with E-state index < -0.39 is 0 Å². The Balaban J connectivity index is 2.89. The minimum absolute atomic E-state index is 0.956. The van der Waals surface area contributed by atoms with Gasteiger partial charge in [-0.1, -0.05) is 61.2 Å². The molecule has 96 valence electrons. The smallest absolute Gasteiger partial charge is 0.0487 e. The summed E-state index contributed by atoms with van der Waals surface area (Å²) in [5.74, 6) is 0. The van der Waals surface area contributed by atoms with Gasteiger partial charge < -0.3 is 4.57 Å². The molecule has 0 unspecified atom stereocenters.